The van der Waals surface area contributed by atoms with Crippen molar-refractivity contribution in [2.45, 2.75) is 33.2 Å². The third kappa shape index (κ3) is 3.21. The third-order valence-corrected chi connectivity index (χ3v) is 4.30. The highest BCUT2D eigenvalue weighted by Crippen LogP contribution is 2.26. The molecule has 0 amide bonds. The molecule has 110 valence electrons. The average Bonchev–Trinajstić information content (AvgIpc) is 3.03. The minimum Gasteiger partial charge on any atom is -0.381 e. The number of nitrogens with zero attached hydrogens (tertiary/aromatic N) is 1. The first-order valence-corrected chi connectivity index (χ1v) is 7.88. The van der Waals surface area contributed by atoms with Crippen molar-refractivity contribution in [1.29, 1.82) is 0 Å². The van der Waals surface area contributed by atoms with Gasteiger partial charge in [-0.3, -0.25) is 0 Å². The summed E-state index contributed by atoms with van der Waals surface area (Å²) in [5.74, 6) is 0. The van der Waals surface area contributed by atoms with Gasteiger partial charge in [0.2, 0.25) is 0 Å². The van der Waals surface area contributed by atoms with Crippen molar-refractivity contribution in [1.82, 2.24) is 0 Å². The van der Waals surface area contributed by atoms with Gasteiger partial charge in [-0.2, -0.15) is 0 Å². The van der Waals surface area contributed by atoms with Crippen molar-refractivity contribution < 1.29 is 0 Å². The SMILES string of the molecule is Cc1ccc(C)c(NCc2ccccc2N2CCCC2)c1. The van der Waals surface area contributed by atoms with Crippen LogP contribution in [0.5, 0.6) is 0 Å². The predicted molar refractivity (Wildman–Crippen MR) is 91.1 cm³/mol. The molecular weight excluding hydrogens is 256 g/mol. The van der Waals surface area contributed by atoms with E-state index < -0.39 is 0 Å². The number of hydrogen-bond acceptors (Lipinski definition) is 2. The molecule has 2 heteroatoms. The zero-order valence-electron chi connectivity index (χ0n) is 13.0. The molecule has 1 aliphatic rings. The summed E-state index contributed by atoms with van der Waals surface area (Å²) in [5.41, 5.74) is 6.63. The Morgan fingerprint density at radius 1 is 1.00 bits per heavy atom. The molecule has 0 atom stereocenters. The summed E-state index contributed by atoms with van der Waals surface area (Å²) < 4.78 is 0. The molecule has 0 aliphatic carbocycles. The van der Waals surface area contributed by atoms with Crippen LogP contribution in [0.25, 0.3) is 0 Å². The maximum atomic E-state index is 3.61. The molecule has 1 N–H and O–H groups in total. The number of benzene rings is 2. The molecule has 0 bridgehead atoms. The van der Waals surface area contributed by atoms with Crippen LogP contribution in [0, 0.1) is 13.8 Å². The van der Waals surface area contributed by atoms with Crippen LogP contribution in [0.4, 0.5) is 11.4 Å². The van der Waals surface area contributed by atoms with Gasteiger partial charge in [0.25, 0.3) is 0 Å². The van der Waals surface area contributed by atoms with Crippen molar-refractivity contribution >= 4 is 11.4 Å². The van der Waals surface area contributed by atoms with Crippen LogP contribution in [0.1, 0.15) is 29.5 Å². The number of anilines is 2. The van der Waals surface area contributed by atoms with Gasteiger partial charge in [0, 0.05) is 31.0 Å². The number of nitrogens with one attached hydrogen (secondary N) is 1. The van der Waals surface area contributed by atoms with Crippen molar-refractivity contribution in [2.24, 2.45) is 0 Å². The molecule has 0 radical (unpaired) electrons. The van der Waals surface area contributed by atoms with Gasteiger partial charge in [0.05, 0.1) is 0 Å². The molecule has 0 aromatic heterocycles. The molecule has 1 aliphatic heterocycles. The molecule has 1 fully saturated rings. The average molecular weight is 280 g/mol. The predicted octanol–water partition coefficient (Wildman–Crippen LogP) is 4.52. The van der Waals surface area contributed by atoms with E-state index in [9.17, 15) is 0 Å². The van der Waals surface area contributed by atoms with Gasteiger partial charge in [0.15, 0.2) is 0 Å². The second kappa shape index (κ2) is 6.21. The number of aryl methyl sites for hydroxylation is 2. The largest absolute Gasteiger partial charge is 0.381 e. The summed E-state index contributed by atoms with van der Waals surface area (Å²) in [7, 11) is 0. The summed E-state index contributed by atoms with van der Waals surface area (Å²) in [5, 5.41) is 3.61. The van der Waals surface area contributed by atoms with E-state index >= 15 is 0 Å². The van der Waals surface area contributed by atoms with Gasteiger partial charge in [-0.25, -0.2) is 0 Å². The molecule has 2 aromatic carbocycles. The van der Waals surface area contributed by atoms with Crippen molar-refractivity contribution in [2.75, 3.05) is 23.3 Å². The van der Waals surface area contributed by atoms with Crippen LogP contribution < -0.4 is 10.2 Å². The summed E-state index contributed by atoms with van der Waals surface area (Å²) >= 11 is 0. The Hall–Kier alpha value is -1.96. The van der Waals surface area contributed by atoms with E-state index in [0.717, 1.165) is 6.54 Å². The first kappa shape index (κ1) is 14.0. The van der Waals surface area contributed by atoms with Gasteiger partial charge in [-0.05, 0) is 55.5 Å². The Balaban J connectivity index is 1.77. The van der Waals surface area contributed by atoms with Crippen molar-refractivity contribution in [3.8, 4) is 0 Å². The number of rotatable bonds is 4. The second-order valence-corrected chi connectivity index (χ2v) is 5.99. The molecule has 0 unspecified atom stereocenters. The fourth-order valence-electron chi connectivity index (χ4n) is 3.04. The fourth-order valence-corrected chi connectivity index (χ4v) is 3.04. The molecule has 2 aromatic rings. The van der Waals surface area contributed by atoms with E-state index in [0.29, 0.717) is 0 Å². The smallest absolute Gasteiger partial charge is 0.0421 e. The first-order valence-electron chi connectivity index (χ1n) is 7.88. The van der Waals surface area contributed by atoms with Crippen LogP contribution in [-0.2, 0) is 6.54 Å². The Morgan fingerprint density at radius 2 is 1.76 bits per heavy atom. The van der Waals surface area contributed by atoms with Crippen LogP contribution in [0.15, 0.2) is 42.5 Å². The van der Waals surface area contributed by atoms with Gasteiger partial charge < -0.3 is 10.2 Å². The monoisotopic (exact) mass is 280 g/mol. The lowest BCUT2D eigenvalue weighted by Crippen LogP contribution is -2.20. The lowest BCUT2D eigenvalue weighted by Gasteiger charge is -2.22. The normalized spacial score (nSPS) is 14.5. The molecule has 21 heavy (non-hydrogen) atoms. The van der Waals surface area contributed by atoms with E-state index in [1.165, 1.54) is 54.0 Å². The summed E-state index contributed by atoms with van der Waals surface area (Å²) in [6.45, 7) is 7.58. The maximum Gasteiger partial charge on any atom is 0.0421 e. The zero-order valence-corrected chi connectivity index (χ0v) is 13.0. The van der Waals surface area contributed by atoms with Gasteiger partial charge in [-0.1, -0.05) is 30.3 Å². The molecular formula is C19H24N2. The fraction of sp³-hybridized carbons (Fsp3) is 0.368. The van der Waals surface area contributed by atoms with Crippen molar-refractivity contribution in [3.63, 3.8) is 0 Å². The van der Waals surface area contributed by atoms with E-state index in [1.54, 1.807) is 0 Å². The lowest BCUT2D eigenvalue weighted by molar-refractivity contribution is 0.949. The molecule has 1 heterocycles. The van der Waals surface area contributed by atoms with Crippen LogP contribution in [0.3, 0.4) is 0 Å². The molecule has 2 nitrogen and oxygen atoms in total. The quantitative estimate of drug-likeness (QED) is 0.886. The van der Waals surface area contributed by atoms with E-state index in [2.05, 4.69) is 66.5 Å². The number of para-hydroxylation sites is 1. The Labute approximate surface area is 127 Å². The van der Waals surface area contributed by atoms with Crippen LogP contribution in [0.2, 0.25) is 0 Å². The van der Waals surface area contributed by atoms with Crippen LogP contribution >= 0.6 is 0 Å². The second-order valence-electron chi connectivity index (χ2n) is 5.99. The molecule has 3 rings (SSSR count). The van der Waals surface area contributed by atoms with Crippen LogP contribution in [-0.4, -0.2) is 13.1 Å². The van der Waals surface area contributed by atoms with Gasteiger partial charge in [-0.15, -0.1) is 0 Å². The highest BCUT2D eigenvalue weighted by atomic mass is 15.1. The van der Waals surface area contributed by atoms with Gasteiger partial charge >= 0.3 is 0 Å². The standard InChI is InChI=1S/C19H24N2/c1-15-9-10-16(2)18(13-15)20-14-17-7-3-4-8-19(17)21-11-5-6-12-21/h3-4,7-10,13,20H,5-6,11-12,14H2,1-2H3. The highest BCUT2D eigenvalue weighted by molar-refractivity contribution is 5.58. The Morgan fingerprint density at radius 3 is 2.57 bits per heavy atom. The van der Waals surface area contributed by atoms with E-state index in [1.807, 2.05) is 0 Å². The summed E-state index contributed by atoms with van der Waals surface area (Å²) in [6.07, 6.45) is 2.64. The first-order chi connectivity index (χ1) is 10.2. The summed E-state index contributed by atoms with van der Waals surface area (Å²) in [4.78, 5) is 2.51. The van der Waals surface area contributed by atoms with Gasteiger partial charge in [0.1, 0.15) is 0 Å². The minimum atomic E-state index is 0.886. The maximum absolute atomic E-state index is 3.61. The lowest BCUT2D eigenvalue weighted by atomic mass is 10.1. The van der Waals surface area contributed by atoms with E-state index in [-0.39, 0.29) is 0 Å². The minimum absolute atomic E-state index is 0.886. The topological polar surface area (TPSA) is 15.3 Å². The van der Waals surface area contributed by atoms with Crippen molar-refractivity contribution in [3.05, 3.63) is 59.2 Å². The molecule has 0 spiro atoms. The molecule has 1 saturated heterocycles. The number of hydrogen-bond donors (Lipinski definition) is 1. The molecule has 0 saturated carbocycles. The summed E-state index contributed by atoms with van der Waals surface area (Å²) in [6, 6.07) is 15.4. The highest BCUT2D eigenvalue weighted by Gasteiger charge is 2.15. The zero-order chi connectivity index (χ0) is 14.7. The Bertz CT molecular complexity index is 613. The Kier molecular flexibility index (Phi) is 4.14. The third-order valence-electron chi connectivity index (χ3n) is 4.30. The van der Waals surface area contributed by atoms with E-state index in [4.69, 9.17) is 0 Å².